The maximum Gasteiger partial charge on any atom is 0.335 e. The average molecular weight is 609 g/mol. The van der Waals surface area contributed by atoms with Gasteiger partial charge in [-0.05, 0) is 47.9 Å². The van der Waals surface area contributed by atoms with E-state index >= 15 is 0 Å². The van der Waals surface area contributed by atoms with E-state index in [9.17, 15) is 24.6 Å². The van der Waals surface area contributed by atoms with Gasteiger partial charge in [-0.3, -0.25) is 4.79 Å². The van der Waals surface area contributed by atoms with Gasteiger partial charge in [-0.2, -0.15) is 0 Å². The van der Waals surface area contributed by atoms with Gasteiger partial charge < -0.3 is 35.1 Å². The number of aliphatic hydroxyl groups excluding tert-OH is 1. The van der Waals surface area contributed by atoms with Crippen molar-refractivity contribution in [3.63, 3.8) is 0 Å². The molecule has 4 rings (SSSR count). The molecule has 2 amide bonds. The molecule has 10 nitrogen and oxygen atoms in total. The topological polar surface area (TPSA) is 143 Å². The summed E-state index contributed by atoms with van der Waals surface area (Å²) < 4.78 is 17.8. The fourth-order valence-electron chi connectivity index (χ4n) is 4.58. The number of aromatic carboxylic acids is 1. The number of hydrogen-bond donors (Lipinski definition) is 4. The van der Waals surface area contributed by atoms with E-state index in [1.807, 2.05) is 48.5 Å². The quantitative estimate of drug-likeness (QED) is 0.168. The van der Waals surface area contributed by atoms with Gasteiger partial charge in [-0.25, -0.2) is 9.59 Å². The van der Waals surface area contributed by atoms with Crippen molar-refractivity contribution < 1.29 is 38.8 Å². The van der Waals surface area contributed by atoms with Crippen LogP contribution < -0.4 is 10.6 Å². The number of nitrogens with one attached hydrogen (secondary N) is 2. The van der Waals surface area contributed by atoms with Gasteiger partial charge in [0.1, 0.15) is 6.54 Å². The number of carboxylic acids is 1. The smallest absolute Gasteiger partial charge is 0.335 e. The Bertz CT molecular complexity index is 1370. The Morgan fingerprint density at radius 3 is 2.16 bits per heavy atom. The van der Waals surface area contributed by atoms with Crippen LogP contribution in [0.3, 0.4) is 0 Å². The van der Waals surface area contributed by atoms with E-state index in [4.69, 9.17) is 14.2 Å². The summed E-state index contributed by atoms with van der Waals surface area (Å²) in [6.45, 7) is 4.05. The highest BCUT2D eigenvalue weighted by Crippen LogP contribution is 2.43. The van der Waals surface area contributed by atoms with Gasteiger partial charge in [0, 0.05) is 28.7 Å². The average Bonchev–Trinajstić information content (AvgIpc) is 3.03. The van der Waals surface area contributed by atoms with E-state index in [-0.39, 0.29) is 50.0 Å². The highest BCUT2D eigenvalue weighted by Gasteiger charge is 2.38. The van der Waals surface area contributed by atoms with Crippen LogP contribution in [0.2, 0.25) is 0 Å². The minimum Gasteiger partial charge on any atom is -0.478 e. The molecule has 228 valence electrons. The lowest BCUT2D eigenvalue weighted by atomic mass is 9.91. The van der Waals surface area contributed by atoms with Crippen molar-refractivity contribution in [2.45, 2.75) is 50.4 Å². The van der Waals surface area contributed by atoms with Crippen LogP contribution in [0.15, 0.2) is 77.7 Å². The molecule has 1 fully saturated rings. The first kappa shape index (κ1) is 32.0. The van der Waals surface area contributed by atoms with E-state index in [0.29, 0.717) is 5.75 Å². The van der Waals surface area contributed by atoms with Crippen molar-refractivity contribution in [3.05, 3.63) is 101 Å². The molecule has 1 aliphatic rings. The molecule has 0 saturated carbocycles. The van der Waals surface area contributed by atoms with Crippen molar-refractivity contribution in [1.29, 1.82) is 0 Å². The van der Waals surface area contributed by atoms with Crippen LogP contribution in [0.5, 0.6) is 0 Å². The molecule has 3 aromatic rings. The molecule has 0 aromatic heterocycles. The molecule has 4 atom stereocenters. The van der Waals surface area contributed by atoms with Crippen LogP contribution in [-0.4, -0.2) is 53.2 Å². The highest BCUT2D eigenvalue weighted by molar-refractivity contribution is 7.99. The number of rotatable bonds is 12. The number of benzene rings is 3. The summed E-state index contributed by atoms with van der Waals surface area (Å²) in [7, 11) is 0. The first-order valence-electron chi connectivity index (χ1n) is 14.0. The number of amides is 2. The van der Waals surface area contributed by atoms with Crippen molar-refractivity contribution >= 4 is 29.7 Å². The first-order valence-corrected chi connectivity index (χ1v) is 15.0. The van der Waals surface area contributed by atoms with Gasteiger partial charge in [0.15, 0.2) is 6.29 Å². The molecule has 0 aliphatic carbocycles. The highest BCUT2D eigenvalue weighted by atomic mass is 32.2. The zero-order chi connectivity index (χ0) is 30.8. The number of carbonyl (C=O) groups excluding carboxylic acids is 2. The first-order chi connectivity index (χ1) is 20.8. The largest absolute Gasteiger partial charge is 0.478 e. The molecule has 43 heavy (non-hydrogen) atoms. The Balaban J connectivity index is 1.44. The standard InChI is InChI=1S/C32H36N2O8S/c1-3-40-28(36)17-34-32(39)33-16-21-4-10-25(11-5-21)31-41-27(19-43-26-14-12-24(13-15-26)30(37)38)20(2)29(42-31)23-8-6-22(18-35)7-9-23/h4-15,20,27,29,31,35H,3,16-19H2,1-2H3,(H,37,38)(H2,33,34,39)/t20-,27+,29+,31+/m0/s1. The molecule has 1 saturated heterocycles. The lowest BCUT2D eigenvalue weighted by Gasteiger charge is -2.41. The van der Waals surface area contributed by atoms with Crippen molar-refractivity contribution in [2.24, 2.45) is 5.92 Å². The summed E-state index contributed by atoms with van der Waals surface area (Å²) in [6, 6.07) is 21.5. The van der Waals surface area contributed by atoms with E-state index in [1.54, 1.807) is 43.0 Å². The van der Waals surface area contributed by atoms with Gasteiger partial charge in [0.2, 0.25) is 0 Å². The molecule has 0 unspecified atom stereocenters. The number of hydrogen-bond acceptors (Lipinski definition) is 8. The number of carboxylic acid groups (broad SMARTS) is 1. The van der Waals surface area contributed by atoms with E-state index in [0.717, 1.165) is 27.1 Å². The predicted molar refractivity (Wildman–Crippen MR) is 160 cm³/mol. The number of carbonyl (C=O) groups is 3. The summed E-state index contributed by atoms with van der Waals surface area (Å²) in [6.07, 6.45) is -1.10. The Morgan fingerprint density at radius 1 is 0.884 bits per heavy atom. The van der Waals surface area contributed by atoms with Crippen LogP contribution >= 0.6 is 11.8 Å². The number of esters is 1. The van der Waals surface area contributed by atoms with Crippen LogP contribution in [-0.2, 0) is 32.2 Å². The molecule has 0 spiro atoms. The zero-order valence-electron chi connectivity index (χ0n) is 24.0. The number of aliphatic hydroxyl groups is 1. The molecule has 3 aromatic carbocycles. The summed E-state index contributed by atoms with van der Waals surface area (Å²) in [5.74, 6) is -0.838. The monoisotopic (exact) mass is 608 g/mol. The maximum atomic E-state index is 12.0. The summed E-state index contributed by atoms with van der Waals surface area (Å²) in [5, 5.41) is 23.8. The number of urea groups is 1. The van der Waals surface area contributed by atoms with Crippen molar-refractivity contribution in [3.8, 4) is 0 Å². The molecular formula is C32H36N2O8S. The molecule has 0 bridgehead atoms. The normalized spacial score (nSPS) is 19.8. The molecular weight excluding hydrogens is 572 g/mol. The minimum absolute atomic E-state index is 0.00128. The van der Waals surface area contributed by atoms with Gasteiger partial charge >= 0.3 is 18.0 Å². The Labute approximate surface area is 254 Å². The Hall–Kier alpha value is -3.90. The van der Waals surface area contributed by atoms with Crippen LogP contribution in [0, 0.1) is 5.92 Å². The fraction of sp³-hybridized carbons (Fsp3) is 0.344. The Morgan fingerprint density at radius 2 is 1.53 bits per heavy atom. The molecule has 11 heteroatoms. The third kappa shape index (κ3) is 9.04. The SMILES string of the molecule is CCOC(=O)CNC(=O)NCc1ccc([C@@H]2O[C@H](CSc3ccc(C(=O)O)cc3)[C@H](C)[C@H](c3ccc(CO)cc3)O2)cc1. The minimum atomic E-state index is -0.963. The molecule has 1 aliphatic heterocycles. The van der Waals surface area contributed by atoms with E-state index in [2.05, 4.69) is 17.6 Å². The lowest BCUT2D eigenvalue weighted by Crippen LogP contribution is -2.39. The van der Waals surface area contributed by atoms with Crippen molar-refractivity contribution in [1.82, 2.24) is 10.6 Å². The van der Waals surface area contributed by atoms with Gasteiger partial charge in [0.25, 0.3) is 0 Å². The fourth-order valence-corrected chi connectivity index (χ4v) is 5.65. The zero-order valence-corrected chi connectivity index (χ0v) is 24.8. The third-order valence-corrected chi connectivity index (χ3v) is 8.14. The number of thioether (sulfide) groups is 1. The van der Waals surface area contributed by atoms with Crippen molar-refractivity contribution in [2.75, 3.05) is 18.9 Å². The van der Waals surface area contributed by atoms with Gasteiger partial charge in [-0.15, -0.1) is 11.8 Å². The second kappa shape index (κ2) is 15.5. The lowest BCUT2D eigenvalue weighted by molar-refractivity contribution is -0.268. The second-order valence-electron chi connectivity index (χ2n) is 10.0. The summed E-state index contributed by atoms with van der Waals surface area (Å²) in [4.78, 5) is 35.6. The molecule has 4 N–H and O–H groups in total. The summed E-state index contributed by atoms with van der Waals surface area (Å²) >= 11 is 1.59. The Kier molecular flexibility index (Phi) is 11.6. The van der Waals surface area contributed by atoms with Crippen LogP contribution in [0.25, 0.3) is 0 Å². The number of ether oxygens (including phenoxy) is 3. The van der Waals surface area contributed by atoms with E-state index < -0.39 is 24.3 Å². The van der Waals surface area contributed by atoms with Gasteiger partial charge in [-0.1, -0.05) is 55.5 Å². The maximum absolute atomic E-state index is 12.0. The predicted octanol–water partition coefficient (Wildman–Crippen LogP) is 4.82. The third-order valence-electron chi connectivity index (χ3n) is 7.04. The van der Waals surface area contributed by atoms with Crippen LogP contribution in [0.4, 0.5) is 4.79 Å². The van der Waals surface area contributed by atoms with Gasteiger partial charge in [0.05, 0.1) is 31.0 Å². The van der Waals surface area contributed by atoms with Crippen LogP contribution in [0.1, 0.15) is 58.9 Å². The molecule has 0 radical (unpaired) electrons. The molecule has 1 heterocycles. The summed E-state index contributed by atoms with van der Waals surface area (Å²) in [5.41, 5.74) is 3.71. The second-order valence-corrected chi connectivity index (χ2v) is 11.1. The van der Waals surface area contributed by atoms with E-state index in [1.165, 1.54) is 0 Å².